The first-order chi connectivity index (χ1) is 9.22. The minimum atomic E-state index is 0.0987. The van der Waals surface area contributed by atoms with Gasteiger partial charge in [0, 0.05) is 16.6 Å². The maximum Gasteiger partial charge on any atom is 0.170 e. The Kier molecular flexibility index (Phi) is 3.56. The monoisotopic (exact) mass is 276 g/mol. The summed E-state index contributed by atoms with van der Waals surface area (Å²) < 4.78 is 0. The van der Waals surface area contributed by atoms with Gasteiger partial charge in [0.25, 0.3) is 0 Å². The van der Waals surface area contributed by atoms with Gasteiger partial charge in [-0.25, -0.2) is 0 Å². The van der Waals surface area contributed by atoms with E-state index in [-0.39, 0.29) is 5.78 Å². The lowest BCUT2D eigenvalue weighted by Gasteiger charge is -2.23. The minimum Gasteiger partial charge on any atom is -0.369 e. The summed E-state index contributed by atoms with van der Waals surface area (Å²) in [5.41, 5.74) is 0.698. The van der Waals surface area contributed by atoms with E-state index in [4.69, 9.17) is 11.6 Å². The van der Waals surface area contributed by atoms with Gasteiger partial charge < -0.3 is 5.32 Å². The first kappa shape index (κ1) is 12.7. The van der Waals surface area contributed by atoms with Crippen LogP contribution in [0, 0.1) is 0 Å². The van der Waals surface area contributed by atoms with Crippen molar-refractivity contribution in [1.29, 1.82) is 0 Å². The third kappa shape index (κ3) is 2.81. The lowest BCUT2D eigenvalue weighted by molar-refractivity contribution is 0.1000. The Balaban J connectivity index is 1.65. The van der Waals surface area contributed by atoms with E-state index >= 15 is 0 Å². The number of amidine groups is 1. The number of hydrogen-bond donors (Lipinski definition) is 1. The number of hydrogen-bond acceptors (Lipinski definition) is 3. The molecule has 0 amide bonds. The molecule has 0 bridgehead atoms. The molecule has 1 aliphatic carbocycles. The van der Waals surface area contributed by atoms with Crippen molar-refractivity contribution in [1.82, 2.24) is 5.32 Å². The van der Waals surface area contributed by atoms with Crippen molar-refractivity contribution in [2.75, 3.05) is 0 Å². The van der Waals surface area contributed by atoms with Crippen molar-refractivity contribution >= 4 is 23.2 Å². The van der Waals surface area contributed by atoms with Gasteiger partial charge in [-0.3, -0.25) is 9.79 Å². The van der Waals surface area contributed by atoms with Crippen molar-refractivity contribution in [2.45, 2.75) is 44.2 Å². The highest BCUT2D eigenvalue weighted by atomic mass is 35.5. The Bertz CT molecular complexity index is 509. The number of fused-ring (bicyclic) bond motifs is 1. The molecule has 0 aromatic heterocycles. The third-order valence-corrected chi connectivity index (χ3v) is 4.15. The standard InChI is InChI=1S/C15H17ClN2O/c16-11-7-5-10(6-8-11)14(19)9-15-17-12-3-1-2-4-13(12)18-15/h5-8,12-13H,1-4,9H2,(H,17,18)/t12-,13-/m0/s1. The zero-order valence-electron chi connectivity index (χ0n) is 10.7. The van der Waals surface area contributed by atoms with Crippen LogP contribution in [0.25, 0.3) is 0 Å². The quantitative estimate of drug-likeness (QED) is 0.861. The van der Waals surface area contributed by atoms with E-state index in [0.29, 0.717) is 29.1 Å². The molecule has 2 atom stereocenters. The zero-order valence-corrected chi connectivity index (χ0v) is 11.5. The molecular weight excluding hydrogens is 260 g/mol. The van der Waals surface area contributed by atoms with Gasteiger partial charge in [-0.1, -0.05) is 24.4 Å². The molecule has 0 radical (unpaired) electrons. The van der Waals surface area contributed by atoms with Crippen LogP contribution in [-0.2, 0) is 0 Å². The average Bonchev–Trinajstić information content (AvgIpc) is 2.81. The lowest BCUT2D eigenvalue weighted by atomic mass is 9.92. The van der Waals surface area contributed by atoms with Crippen LogP contribution >= 0.6 is 11.6 Å². The SMILES string of the molecule is O=C(CC1=N[C@H]2CCCC[C@@H]2N1)c1ccc(Cl)cc1. The van der Waals surface area contributed by atoms with E-state index in [9.17, 15) is 4.79 Å². The minimum absolute atomic E-state index is 0.0987. The second-order valence-electron chi connectivity index (χ2n) is 5.29. The normalized spacial score (nSPS) is 25.4. The van der Waals surface area contributed by atoms with E-state index in [1.54, 1.807) is 24.3 Å². The largest absolute Gasteiger partial charge is 0.369 e. The second-order valence-corrected chi connectivity index (χ2v) is 5.72. The van der Waals surface area contributed by atoms with Crippen molar-refractivity contribution in [3.8, 4) is 0 Å². The molecule has 100 valence electrons. The summed E-state index contributed by atoms with van der Waals surface area (Å²) in [5, 5.41) is 4.06. The molecule has 2 aliphatic rings. The number of benzene rings is 1. The molecule has 3 rings (SSSR count). The van der Waals surface area contributed by atoms with Gasteiger partial charge in [-0.2, -0.15) is 0 Å². The Morgan fingerprint density at radius 3 is 2.74 bits per heavy atom. The Morgan fingerprint density at radius 2 is 2.00 bits per heavy atom. The summed E-state index contributed by atoms with van der Waals surface area (Å²) in [6.07, 6.45) is 5.21. The fourth-order valence-corrected chi connectivity index (χ4v) is 3.00. The fourth-order valence-electron chi connectivity index (χ4n) is 2.87. The average molecular weight is 277 g/mol. The summed E-state index contributed by atoms with van der Waals surface area (Å²) in [7, 11) is 0. The molecule has 0 saturated heterocycles. The zero-order chi connectivity index (χ0) is 13.2. The van der Waals surface area contributed by atoms with Crippen LogP contribution in [-0.4, -0.2) is 23.7 Å². The molecule has 0 unspecified atom stereocenters. The van der Waals surface area contributed by atoms with Crippen molar-refractivity contribution in [3.63, 3.8) is 0 Å². The van der Waals surface area contributed by atoms with Gasteiger partial charge in [0.2, 0.25) is 0 Å². The summed E-state index contributed by atoms with van der Waals surface area (Å²) in [6, 6.07) is 7.89. The number of rotatable bonds is 3. The van der Waals surface area contributed by atoms with E-state index in [1.165, 1.54) is 19.3 Å². The van der Waals surface area contributed by atoms with E-state index < -0.39 is 0 Å². The van der Waals surface area contributed by atoms with Crippen LogP contribution in [0.1, 0.15) is 42.5 Å². The number of carbonyl (C=O) groups is 1. The fraction of sp³-hybridized carbons (Fsp3) is 0.467. The van der Waals surface area contributed by atoms with Crippen LogP contribution in [0.2, 0.25) is 5.02 Å². The van der Waals surface area contributed by atoms with Gasteiger partial charge in [-0.15, -0.1) is 0 Å². The summed E-state index contributed by atoms with van der Waals surface area (Å²) in [6.45, 7) is 0. The maximum absolute atomic E-state index is 12.2. The maximum atomic E-state index is 12.2. The second kappa shape index (κ2) is 5.33. The first-order valence-electron chi connectivity index (χ1n) is 6.84. The van der Waals surface area contributed by atoms with Crippen molar-refractivity contribution < 1.29 is 4.79 Å². The topological polar surface area (TPSA) is 41.5 Å². The van der Waals surface area contributed by atoms with Gasteiger partial charge in [0.15, 0.2) is 5.78 Å². The van der Waals surface area contributed by atoms with Gasteiger partial charge in [-0.05, 0) is 37.1 Å². The smallest absolute Gasteiger partial charge is 0.170 e. The predicted octanol–water partition coefficient (Wildman–Crippen LogP) is 3.23. The molecule has 19 heavy (non-hydrogen) atoms. The van der Waals surface area contributed by atoms with Crippen LogP contribution in [0.4, 0.5) is 0 Å². The summed E-state index contributed by atoms with van der Waals surface area (Å²) >= 11 is 5.82. The summed E-state index contributed by atoms with van der Waals surface area (Å²) in [4.78, 5) is 16.8. The number of ketones is 1. The van der Waals surface area contributed by atoms with Crippen molar-refractivity contribution in [3.05, 3.63) is 34.9 Å². The molecule has 1 fully saturated rings. The molecule has 1 aromatic carbocycles. The molecule has 1 saturated carbocycles. The highest BCUT2D eigenvalue weighted by Gasteiger charge is 2.31. The molecule has 4 heteroatoms. The van der Waals surface area contributed by atoms with E-state index in [1.807, 2.05) is 0 Å². The van der Waals surface area contributed by atoms with Crippen LogP contribution in [0.3, 0.4) is 0 Å². The van der Waals surface area contributed by atoms with Gasteiger partial charge >= 0.3 is 0 Å². The van der Waals surface area contributed by atoms with Crippen LogP contribution < -0.4 is 5.32 Å². The Hall–Kier alpha value is -1.35. The number of nitrogens with zero attached hydrogens (tertiary/aromatic N) is 1. The van der Waals surface area contributed by atoms with E-state index in [0.717, 1.165) is 12.3 Å². The first-order valence-corrected chi connectivity index (χ1v) is 7.22. The number of aliphatic imine (C=N–C) groups is 1. The number of halogens is 1. The number of Topliss-reactive ketones (excluding diaryl/α,β-unsaturated/α-hetero) is 1. The molecule has 1 aliphatic heterocycles. The number of carbonyl (C=O) groups excluding carboxylic acids is 1. The molecular formula is C15H17ClN2O. The molecule has 1 N–H and O–H groups in total. The predicted molar refractivity (Wildman–Crippen MR) is 77.0 cm³/mol. The van der Waals surface area contributed by atoms with Crippen LogP contribution in [0.5, 0.6) is 0 Å². The summed E-state index contributed by atoms with van der Waals surface area (Å²) in [5.74, 6) is 0.957. The van der Waals surface area contributed by atoms with Crippen molar-refractivity contribution in [2.24, 2.45) is 4.99 Å². The Morgan fingerprint density at radius 1 is 1.26 bits per heavy atom. The third-order valence-electron chi connectivity index (χ3n) is 3.90. The molecule has 0 spiro atoms. The molecule has 3 nitrogen and oxygen atoms in total. The Labute approximate surface area is 118 Å². The van der Waals surface area contributed by atoms with Gasteiger partial charge in [0.1, 0.15) is 5.84 Å². The highest BCUT2D eigenvalue weighted by Crippen LogP contribution is 2.25. The molecule has 1 aromatic rings. The lowest BCUT2D eigenvalue weighted by Crippen LogP contribution is -2.37. The van der Waals surface area contributed by atoms with Gasteiger partial charge in [0.05, 0.1) is 12.5 Å². The van der Waals surface area contributed by atoms with E-state index in [2.05, 4.69) is 10.3 Å². The highest BCUT2D eigenvalue weighted by molar-refractivity contribution is 6.30. The van der Waals surface area contributed by atoms with Crippen LogP contribution in [0.15, 0.2) is 29.3 Å². The molecule has 1 heterocycles. The number of nitrogens with one attached hydrogen (secondary N) is 1.